The minimum Gasteiger partial charge on any atom is -0.481 e. The Kier molecular flexibility index (Phi) is 5.88. The molecule has 2 aromatic heterocycles. The van der Waals surface area contributed by atoms with Gasteiger partial charge in [-0.15, -0.1) is 10.2 Å². The van der Waals surface area contributed by atoms with Crippen LogP contribution in [0.2, 0.25) is 0 Å². The number of nitriles is 1. The fourth-order valence-electron chi connectivity index (χ4n) is 2.44. The van der Waals surface area contributed by atoms with E-state index >= 15 is 0 Å². The third-order valence-electron chi connectivity index (χ3n) is 3.91. The number of ether oxygens (including phenoxy) is 1. The van der Waals surface area contributed by atoms with Crippen LogP contribution in [0.25, 0.3) is 11.4 Å². The summed E-state index contributed by atoms with van der Waals surface area (Å²) in [6, 6.07) is 10.3. The maximum Gasteiger partial charge on any atom is 0.422 e. The molecule has 0 aliphatic heterocycles. The Hall–Kier alpha value is -4.05. The maximum atomic E-state index is 12.4. The summed E-state index contributed by atoms with van der Waals surface area (Å²) in [6.07, 6.45) is -0.116. The van der Waals surface area contributed by atoms with Crippen LogP contribution in [-0.2, 0) is 16.6 Å². The van der Waals surface area contributed by atoms with Crippen LogP contribution in [-0.4, -0.2) is 62.8 Å². The summed E-state index contributed by atoms with van der Waals surface area (Å²) in [6.45, 7) is -0.492. The summed E-state index contributed by atoms with van der Waals surface area (Å²) < 4.78 is 29.9. The van der Waals surface area contributed by atoms with Gasteiger partial charge in [-0.25, -0.2) is 18.2 Å². The first-order chi connectivity index (χ1) is 14.3. The Morgan fingerprint density at radius 2 is 2.00 bits per heavy atom. The summed E-state index contributed by atoms with van der Waals surface area (Å²) in [7, 11) is -2.85. The summed E-state index contributed by atoms with van der Waals surface area (Å²) in [5.41, 5.74) is 1.31. The molecule has 1 N–H and O–H groups in total. The van der Waals surface area contributed by atoms with E-state index in [1.807, 2.05) is 6.07 Å². The van der Waals surface area contributed by atoms with E-state index in [9.17, 15) is 13.2 Å². The number of tetrazole rings is 1. The highest BCUT2D eigenvalue weighted by Gasteiger charge is 2.29. The lowest BCUT2D eigenvalue weighted by molar-refractivity contribution is 0.175. The van der Waals surface area contributed by atoms with Gasteiger partial charge in [0.05, 0.1) is 24.6 Å². The summed E-state index contributed by atoms with van der Waals surface area (Å²) >= 11 is 0. The molecule has 0 saturated heterocycles. The molecule has 0 atom stereocenters. The molecule has 0 spiro atoms. The zero-order valence-corrected chi connectivity index (χ0v) is 16.4. The molecule has 3 aromatic rings. The van der Waals surface area contributed by atoms with Gasteiger partial charge in [0.2, 0.25) is 11.7 Å². The summed E-state index contributed by atoms with van der Waals surface area (Å²) in [5.74, 6) is 0.741. The normalized spacial score (nSPS) is 10.9. The van der Waals surface area contributed by atoms with Crippen LogP contribution in [0.4, 0.5) is 4.79 Å². The molecular weight excluding hydrogens is 414 g/mol. The van der Waals surface area contributed by atoms with E-state index in [-0.39, 0.29) is 15.0 Å². The van der Waals surface area contributed by atoms with Gasteiger partial charge in [0.1, 0.15) is 6.54 Å². The van der Waals surface area contributed by atoms with Crippen LogP contribution in [0.1, 0.15) is 5.56 Å². The first-order valence-corrected chi connectivity index (χ1v) is 9.79. The van der Waals surface area contributed by atoms with Crippen molar-refractivity contribution in [3.05, 3.63) is 48.2 Å². The molecule has 0 aliphatic carbocycles. The van der Waals surface area contributed by atoms with Gasteiger partial charge in [-0.1, -0.05) is 6.07 Å². The molecule has 0 bridgehead atoms. The number of aromatic nitrogens is 5. The number of hydrogen-bond donors (Lipinski definition) is 1. The largest absolute Gasteiger partial charge is 0.481 e. The molecule has 0 fully saturated rings. The summed E-state index contributed by atoms with van der Waals surface area (Å²) in [4.78, 5) is 16.3. The quantitative estimate of drug-likeness (QED) is 0.535. The lowest BCUT2D eigenvalue weighted by atomic mass is 10.2. The van der Waals surface area contributed by atoms with Gasteiger partial charge in [-0.05, 0) is 35.0 Å². The summed E-state index contributed by atoms with van der Waals surface area (Å²) in [5, 5.41) is 29.8. The van der Waals surface area contributed by atoms with E-state index in [0.29, 0.717) is 18.0 Å². The van der Waals surface area contributed by atoms with Crippen molar-refractivity contribution < 1.29 is 23.1 Å². The second kappa shape index (κ2) is 8.53. The molecule has 2 heterocycles. The second-order valence-corrected chi connectivity index (χ2v) is 7.69. The number of nitrogens with zero attached hydrogens (tertiary/aromatic N) is 7. The number of carboxylic acid groups (broad SMARTS) is 1. The Balaban J connectivity index is 1.78. The number of rotatable bonds is 7. The van der Waals surface area contributed by atoms with Crippen LogP contribution < -0.4 is 4.74 Å². The van der Waals surface area contributed by atoms with E-state index in [4.69, 9.17) is 15.1 Å². The molecule has 0 saturated carbocycles. The fraction of sp³-hybridized carbons (Fsp3) is 0.176. The average Bonchev–Trinajstić information content (AvgIpc) is 3.20. The van der Waals surface area contributed by atoms with E-state index in [1.165, 1.54) is 42.2 Å². The van der Waals surface area contributed by atoms with E-state index in [1.54, 1.807) is 12.3 Å². The average molecular weight is 429 g/mol. The fourth-order valence-corrected chi connectivity index (χ4v) is 3.60. The zero-order valence-electron chi connectivity index (χ0n) is 15.6. The third kappa shape index (κ3) is 4.33. The Bertz CT molecular complexity index is 1180. The minimum absolute atomic E-state index is 0.0689. The van der Waals surface area contributed by atoms with Crippen molar-refractivity contribution in [2.45, 2.75) is 11.4 Å². The van der Waals surface area contributed by atoms with Gasteiger partial charge in [0.15, 0.2) is 0 Å². The van der Waals surface area contributed by atoms with Crippen LogP contribution in [0, 0.1) is 11.3 Å². The predicted molar refractivity (Wildman–Crippen MR) is 101 cm³/mol. The van der Waals surface area contributed by atoms with E-state index < -0.39 is 22.7 Å². The highest BCUT2D eigenvalue weighted by molar-refractivity contribution is 7.89. The Labute approximate surface area is 171 Å². The first-order valence-electron chi connectivity index (χ1n) is 8.35. The second-order valence-electron chi connectivity index (χ2n) is 5.83. The number of pyridine rings is 1. The Morgan fingerprint density at radius 3 is 2.57 bits per heavy atom. The van der Waals surface area contributed by atoms with E-state index in [0.717, 1.165) is 5.56 Å². The molecule has 12 nitrogen and oxygen atoms in total. The Morgan fingerprint density at radius 1 is 1.27 bits per heavy atom. The highest BCUT2D eigenvalue weighted by atomic mass is 32.2. The van der Waals surface area contributed by atoms with Crippen molar-refractivity contribution in [3.63, 3.8) is 0 Å². The van der Waals surface area contributed by atoms with Gasteiger partial charge in [0.25, 0.3) is 10.0 Å². The van der Waals surface area contributed by atoms with Crippen molar-refractivity contribution in [2.24, 2.45) is 0 Å². The molecule has 30 heavy (non-hydrogen) atoms. The van der Waals surface area contributed by atoms with Crippen molar-refractivity contribution in [1.29, 1.82) is 5.26 Å². The van der Waals surface area contributed by atoms with Gasteiger partial charge in [0, 0.05) is 17.8 Å². The van der Waals surface area contributed by atoms with Gasteiger partial charge < -0.3 is 9.84 Å². The number of hydrogen-bond acceptors (Lipinski definition) is 9. The number of carbonyl (C=O) groups is 1. The van der Waals surface area contributed by atoms with Crippen molar-refractivity contribution in [3.8, 4) is 23.3 Å². The lowest BCUT2D eigenvalue weighted by Crippen LogP contribution is -2.36. The van der Waals surface area contributed by atoms with Crippen molar-refractivity contribution in [2.75, 3.05) is 13.7 Å². The smallest absolute Gasteiger partial charge is 0.422 e. The molecule has 13 heteroatoms. The number of benzene rings is 1. The molecule has 1 amide bonds. The lowest BCUT2D eigenvalue weighted by Gasteiger charge is -2.15. The molecule has 0 unspecified atom stereocenters. The number of sulfonamides is 1. The monoisotopic (exact) mass is 429 g/mol. The third-order valence-corrected chi connectivity index (χ3v) is 5.65. The van der Waals surface area contributed by atoms with Gasteiger partial charge in [-0.3, -0.25) is 0 Å². The maximum absolute atomic E-state index is 12.4. The van der Waals surface area contributed by atoms with Gasteiger partial charge in [-0.2, -0.15) is 14.4 Å². The topological polar surface area (TPSA) is 164 Å². The molecule has 0 radical (unpaired) electrons. The van der Waals surface area contributed by atoms with Crippen LogP contribution in [0.15, 0.2) is 47.5 Å². The van der Waals surface area contributed by atoms with E-state index in [2.05, 4.69) is 20.4 Å². The van der Waals surface area contributed by atoms with Gasteiger partial charge >= 0.3 is 6.09 Å². The molecule has 154 valence electrons. The molecular formula is C17H15N7O5S. The predicted octanol–water partition coefficient (Wildman–Crippen LogP) is 0.984. The molecule has 3 rings (SSSR count). The highest BCUT2D eigenvalue weighted by Crippen LogP contribution is 2.20. The SMILES string of the molecule is COc1ccc(Cn2nnc(-c3ccc(S(=O)(=O)N(CC#N)C(=O)O)cc3)n2)cn1. The van der Waals surface area contributed by atoms with Crippen LogP contribution in [0.5, 0.6) is 5.88 Å². The first kappa shape index (κ1) is 20.7. The number of methoxy groups -OCH3 is 1. The van der Waals surface area contributed by atoms with Crippen LogP contribution in [0.3, 0.4) is 0 Å². The van der Waals surface area contributed by atoms with Crippen molar-refractivity contribution in [1.82, 2.24) is 29.5 Å². The molecule has 0 aliphatic rings. The number of amides is 1. The molecule has 1 aromatic carbocycles. The van der Waals surface area contributed by atoms with Crippen LogP contribution >= 0.6 is 0 Å². The minimum atomic E-state index is -4.37. The standard InChI is InChI=1S/C17H15N7O5S/c1-29-15-7-2-12(10-19-15)11-24-21-16(20-22-24)13-3-5-14(6-4-13)30(27,28)23(9-8-18)17(25)26/h2-7,10H,9,11H2,1H3,(H,25,26). The van der Waals surface area contributed by atoms with Crippen molar-refractivity contribution >= 4 is 16.1 Å². The zero-order chi connectivity index (χ0) is 21.7.